The molecule has 1 atom stereocenters. The van der Waals surface area contributed by atoms with E-state index in [9.17, 15) is 5.11 Å². The van der Waals surface area contributed by atoms with Gasteiger partial charge in [-0.3, -0.25) is 4.90 Å². The van der Waals surface area contributed by atoms with E-state index in [2.05, 4.69) is 11.8 Å². The third-order valence-corrected chi connectivity index (χ3v) is 2.18. The molecule has 0 aromatic carbocycles. The molecule has 4 nitrogen and oxygen atoms in total. The SMILES string of the molecule is CCOC(CN)CN(CC)CC(C)(C)O. The Morgan fingerprint density at radius 1 is 1.40 bits per heavy atom. The van der Waals surface area contributed by atoms with Crippen molar-refractivity contribution in [3.63, 3.8) is 0 Å². The van der Waals surface area contributed by atoms with Gasteiger partial charge in [0.2, 0.25) is 0 Å². The van der Waals surface area contributed by atoms with Crippen molar-refractivity contribution in [1.29, 1.82) is 0 Å². The molecule has 0 fully saturated rings. The molecule has 92 valence electrons. The van der Waals surface area contributed by atoms with Crippen LogP contribution < -0.4 is 5.73 Å². The zero-order valence-electron chi connectivity index (χ0n) is 10.5. The molecule has 15 heavy (non-hydrogen) atoms. The second-order valence-electron chi connectivity index (χ2n) is 4.45. The molecule has 0 aliphatic carbocycles. The smallest absolute Gasteiger partial charge is 0.0823 e. The quantitative estimate of drug-likeness (QED) is 0.621. The highest BCUT2D eigenvalue weighted by Gasteiger charge is 2.19. The van der Waals surface area contributed by atoms with Crippen molar-refractivity contribution < 1.29 is 9.84 Å². The molecule has 0 heterocycles. The molecule has 0 aliphatic heterocycles. The van der Waals surface area contributed by atoms with Crippen LogP contribution in [-0.4, -0.2) is 54.5 Å². The highest BCUT2D eigenvalue weighted by molar-refractivity contribution is 4.74. The second-order valence-corrected chi connectivity index (χ2v) is 4.45. The van der Waals surface area contributed by atoms with Crippen LogP contribution in [0.5, 0.6) is 0 Å². The van der Waals surface area contributed by atoms with E-state index in [1.165, 1.54) is 0 Å². The van der Waals surface area contributed by atoms with E-state index in [4.69, 9.17) is 10.5 Å². The highest BCUT2D eigenvalue weighted by atomic mass is 16.5. The summed E-state index contributed by atoms with van der Waals surface area (Å²) in [6.07, 6.45) is 0.0669. The Balaban J connectivity index is 4.06. The molecule has 0 aliphatic rings. The Hall–Kier alpha value is -0.160. The summed E-state index contributed by atoms with van der Waals surface area (Å²) in [5, 5.41) is 9.72. The Morgan fingerprint density at radius 3 is 2.33 bits per heavy atom. The van der Waals surface area contributed by atoms with Crippen LogP contribution in [0.25, 0.3) is 0 Å². The average Bonchev–Trinajstić information content (AvgIpc) is 2.13. The van der Waals surface area contributed by atoms with Gasteiger partial charge < -0.3 is 15.6 Å². The maximum absolute atomic E-state index is 9.72. The molecule has 0 aromatic heterocycles. The van der Waals surface area contributed by atoms with Gasteiger partial charge in [0, 0.05) is 26.2 Å². The highest BCUT2D eigenvalue weighted by Crippen LogP contribution is 2.06. The minimum absolute atomic E-state index is 0.0669. The van der Waals surface area contributed by atoms with E-state index in [1.54, 1.807) is 0 Å². The molecule has 0 aromatic rings. The van der Waals surface area contributed by atoms with Crippen LogP contribution in [0.1, 0.15) is 27.7 Å². The van der Waals surface area contributed by atoms with Gasteiger partial charge in [-0.25, -0.2) is 0 Å². The third-order valence-electron chi connectivity index (χ3n) is 2.18. The Labute approximate surface area is 93.4 Å². The van der Waals surface area contributed by atoms with Crippen LogP contribution in [0.3, 0.4) is 0 Å². The van der Waals surface area contributed by atoms with Crippen molar-refractivity contribution in [2.24, 2.45) is 5.73 Å². The molecule has 1 unspecified atom stereocenters. The molecule has 0 amide bonds. The average molecular weight is 218 g/mol. The lowest BCUT2D eigenvalue weighted by Gasteiger charge is -2.30. The largest absolute Gasteiger partial charge is 0.389 e. The number of aliphatic hydroxyl groups is 1. The van der Waals surface area contributed by atoms with Gasteiger partial charge in [-0.05, 0) is 27.3 Å². The maximum atomic E-state index is 9.72. The van der Waals surface area contributed by atoms with E-state index in [1.807, 2.05) is 20.8 Å². The third kappa shape index (κ3) is 7.73. The lowest BCUT2D eigenvalue weighted by molar-refractivity contribution is 0.00161. The Kier molecular flexibility index (Phi) is 7.09. The zero-order chi connectivity index (χ0) is 11.9. The summed E-state index contributed by atoms with van der Waals surface area (Å²) < 4.78 is 5.49. The summed E-state index contributed by atoms with van der Waals surface area (Å²) in [6, 6.07) is 0. The van der Waals surface area contributed by atoms with Gasteiger partial charge >= 0.3 is 0 Å². The summed E-state index contributed by atoms with van der Waals surface area (Å²) in [6.45, 7) is 11.2. The molecule has 0 radical (unpaired) electrons. The maximum Gasteiger partial charge on any atom is 0.0823 e. The summed E-state index contributed by atoms with van der Waals surface area (Å²) in [4.78, 5) is 2.16. The van der Waals surface area contributed by atoms with Gasteiger partial charge in [0.1, 0.15) is 0 Å². The molecule has 0 bridgehead atoms. The minimum atomic E-state index is -0.665. The summed E-state index contributed by atoms with van der Waals surface area (Å²) in [5.74, 6) is 0. The lowest BCUT2D eigenvalue weighted by Crippen LogP contribution is -2.44. The Morgan fingerprint density at radius 2 is 2.00 bits per heavy atom. The number of hydrogen-bond acceptors (Lipinski definition) is 4. The van der Waals surface area contributed by atoms with Crippen molar-refractivity contribution >= 4 is 0 Å². The fraction of sp³-hybridized carbons (Fsp3) is 1.00. The summed E-state index contributed by atoms with van der Waals surface area (Å²) >= 11 is 0. The van der Waals surface area contributed by atoms with Crippen molar-refractivity contribution in [2.45, 2.75) is 39.4 Å². The van der Waals surface area contributed by atoms with E-state index in [-0.39, 0.29) is 6.10 Å². The zero-order valence-corrected chi connectivity index (χ0v) is 10.5. The minimum Gasteiger partial charge on any atom is -0.389 e. The molecule has 0 spiro atoms. The molecule has 3 N–H and O–H groups in total. The first-order valence-corrected chi connectivity index (χ1v) is 5.69. The first-order valence-electron chi connectivity index (χ1n) is 5.69. The first kappa shape index (κ1) is 14.8. The van der Waals surface area contributed by atoms with Crippen LogP contribution in [0.15, 0.2) is 0 Å². The number of rotatable bonds is 8. The number of nitrogens with zero attached hydrogens (tertiary/aromatic N) is 1. The monoisotopic (exact) mass is 218 g/mol. The number of nitrogens with two attached hydrogens (primary N) is 1. The first-order chi connectivity index (χ1) is 6.92. The number of ether oxygens (including phenoxy) is 1. The van der Waals surface area contributed by atoms with Gasteiger partial charge in [-0.15, -0.1) is 0 Å². The lowest BCUT2D eigenvalue weighted by atomic mass is 10.1. The number of hydrogen-bond donors (Lipinski definition) is 2. The van der Waals surface area contributed by atoms with Gasteiger partial charge in [0.15, 0.2) is 0 Å². The normalized spacial score (nSPS) is 14.6. The van der Waals surface area contributed by atoms with Crippen LogP contribution in [0.2, 0.25) is 0 Å². The molecule has 0 rings (SSSR count). The van der Waals surface area contributed by atoms with E-state index in [0.717, 1.165) is 13.1 Å². The van der Waals surface area contributed by atoms with Crippen LogP contribution in [0, 0.1) is 0 Å². The fourth-order valence-corrected chi connectivity index (χ4v) is 1.57. The van der Waals surface area contributed by atoms with Gasteiger partial charge in [-0.2, -0.15) is 0 Å². The molecule has 4 heteroatoms. The predicted octanol–water partition coefficient (Wildman–Crippen LogP) is 0.443. The summed E-state index contributed by atoms with van der Waals surface area (Å²) in [5.41, 5.74) is 4.95. The van der Waals surface area contributed by atoms with Gasteiger partial charge in [0.25, 0.3) is 0 Å². The molecular formula is C11H26N2O2. The van der Waals surface area contributed by atoms with E-state index in [0.29, 0.717) is 19.7 Å². The molecule has 0 saturated heterocycles. The van der Waals surface area contributed by atoms with Crippen LogP contribution >= 0.6 is 0 Å². The van der Waals surface area contributed by atoms with Crippen molar-refractivity contribution in [2.75, 3.05) is 32.8 Å². The topological polar surface area (TPSA) is 58.7 Å². The van der Waals surface area contributed by atoms with E-state index >= 15 is 0 Å². The van der Waals surface area contributed by atoms with Crippen LogP contribution in [-0.2, 0) is 4.74 Å². The fourth-order valence-electron chi connectivity index (χ4n) is 1.57. The van der Waals surface area contributed by atoms with Gasteiger partial charge in [0.05, 0.1) is 11.7 Å². The van der Waals surface area contributed by atoms with E-state index < -0.39 is 5.60 Å². The Bertz CT molecular complexity index is 157. The van der Waals surface area contributed by atoms with Crippen molar-refractivity contribution in [3.8, 4) is 0 Å². The summed E-state index contributed by atoms with van der Waals surface area (Å²) in [7, 11) is 0. The molecular weight excluding hydrogens is 192 g/mol. The second kappa shape index (κ2) is 7.17. The molecule has 0 saturated carbocycles. The van der Waals surface area contributed by atoms with Crippen LogP contribution in [0.4, 0.5) is 0 Å². The standard InChI is InChI=1S/C11H26N2O2/c1-5-13(9-11(3,4)14)8-10(7-12)15-6-2/h10,14H,5-9,12H2,1-4H3. The number of likely N-dealkylation sites (N-methyl/N-ethyl adjacent to an activating group) is 1. The van der Waals surface area contributed by atoms with Crippen molar-refractivity contribution in [3.05, 3.63) is 0 Å². The predicted molar refractivity (Wildman–Crippen MR) is 62.9 cm³/mol. The van der Waals surface area contributed by atoms with Crippen molar-refractivity contribution in [1.82, 2.24) is 4.90 Å². The van der Waals surface area contributed by atoms with Gasteiger partial charge in [-0.1, -0.05) is 6.92 Å².